The Morgan fingerprint density at radius 3 is 2.00 bits per heavy atom. The molecule has 1 aliphatic rings. The Labute approximate surface area is 177 Å². The van der Waals surface area contributed by atoms with Crippen molar-refractivity contribution in [2.75, 3.05) is 13.6 Å². The number of hydrogen-bond donors (Lipinski definition) is 1. The van der Waals surface area contributed by atoms with E-state index in [0.717, 1.165) is 27.8 Å². The van der Waals surface area contributed by atoms with Crippen LogP contribution in [0, 0.1) is 0 Å². The molecule has 3 aromatic carbocycles. The Hall–Kier alpha value is -2.91. The molecule has 0 aromatic heterocycles. The second-order valence-electron chi connectivity index (χ2n) is 7.19. The zero-order chi connectivity index (χ0) is 21.0. The topological polar surface area (TPSA) is 49.8 Å². The van der Waals surface area contributed by atoms with E-state index >= 15 is 0 Å². The SMILES string of the molecule is CN(CCC=C1c2ccccc2C=Cc2ccccc21)P(=O)(O)Oc1ccccc1. The second-order valence-corrected chi connectivity index (χ2v) is 9.04. The summed E-state index contributed by atoms with van der Waals surface area (Å²) < 4.78 is 19.4. The molecule has 0 spiro atoms. The first kappa shape index (κ1) is 20.4. The molecule has 0 saturated heterocycles. The van der Waals surface area contributed by atoms with Gasteiger partial charge in [-0.05, 0) is 53.4 Å². The van der Waals surface area contributed by atoms with Gasteiger partial charge in [-0.1, -0.05) is 85.0 Å². The molecule has 4 nitrogen and oxygen atoms in total. The molecule has 1 unspecified atom stereocenters. The number of fused-ring (bicyclic) bond motifs is 2. The van der Waals surface area contributed by atoms with Crippen LogP contribution in [0.15, 0.2) is 84.9 Å². The highest BCUT2D eigenvalue weighted by Gasteiger charge is 2.27. The predicted octanol–water partition coefficient (Wildman–Crippen LogP) is 6.10. The van der Waals surface area contributed by atoms with Gasteiger partial charge in [0.1, 0.15) is 5.75 Å². The lowest BCUT2D eigenvalue weighted by atomic mass is 9.93. The molecule has 152 valence electrons. The number of benzene rings is 3. The van der Waals surface area contributed by atoms with Crippen LogP contribution in [0.1, 0.15) is 28.7 Å². The lowest BCUT2D eigenvalue weighted by molar-refractivity contribution is 0.301. The van der Waals surface area contributed by atoms with Crippen LogP contribution in [0.2, 0.25) is 0 Å². The Morgan fingerprint density at radius 1 is 0.867 bits per heavy atom. The highest BCUT2D eigenvalue weighted by molar-refractivity contribution is 7.50. The van der Waals surface area contributed by atoms with Gasteiger partial charge in [-0.15, -0.1) is 0 Å². The van der Waals surface area contributed by atoms with Crippen molar-refractivity contribution in [3.63, 3.8) is 0 Å². The van der Waals surface area contributed by atoms with Gasteiger partial charge in [-0.25, -0.2) is 9.24 Å². The Bertz CT molecular complexity index is 1090. The summed E-state index contributed by atoms with van der Waals surface area (Å²) in [5, 5.41) is 0. The van der Waals surface area contributed by atoms with Gasteiger partial charge in [0.25, 0.3) is 0 Å². The monoisotopic (exact) mass is 417 g/mol. The molecule has 1 aliphatic carbocycles. The highest BCUT2D eigenvalue weighted by Crippen LogP contribution is 2.45. The summed E-state index contributed by atoms with van der Waals surface area (Å²) in [5.41, 5.74) is 5.78. The summed E-state index contributed by atoms with van der Waals surface area (Å²) in [7, 11) is -2.31. The number of para-hydroxylation sites is 1. The van der Waals surface area contributed by atoms with Crippen molar-refractivity contribution in [3.8, 4) is 5.75 Å². The van der Waals surface area contributed by atoms with Crippen LogP contribution in [0.3, 0.4) is 0 Å². The first-order chi connectivity index (χ1) is 14.5. The van der Waals surface area contributed by atoms with Gasteiger partial charge < -0.3 is 9.42 Å². The van der Waals surface area contributed by atoms with Gasteiger partial charge in [0.05, 0.1) is 0 Å². The van der Waals surface area contributed by atoms with Crippen LogP contribution in [0.25, 0.3) is 17.7 Å². The van der Waals surface area contributed by atoms with Crippen LogP contribution in [0.4, 0.5) is 0 Å². The van der Waals surface area contributed by atoms with Gasteiger partial charge >= 0.3 is 7.75 Å². The van der Waals surface area contributed by atoms with Crippen molar-refractivity contribution >= 4 is 25.5 Å². The van der Waals surface area contributed by atoms with Gasteiger partial charge in [-0.2, -0.15) is 0 Å². The van der Waals surface area contributed by atoms with Crippen LogP contribution in [0.5, 0.6) is 5.75 Å². The number of rotatable bonds is 6. The molecule has 5 heteroatoms. The predicted molar refractivity (Wildman–Crippen MR) is 123 cm³/mol. The molecule has 0 bridgehead atoms. The minimum atomic E-state index is -3.92. The Kier molecular flexibility index (Phi) is 6.01. The van der Waals surface area contributed by atoms with E-state index in [-0.39, 0.29) is 0 Å². The minimum Gasteiger partial charge on any atom is -0.413 e. The standard InChI is InChI=1S/C25H24NO3P/c1-26(30(27,28)29-22-12-3-2-4-13-22)19-9-16-25-23-14-7-5-10-20(23)17-18-21-11-6-8-15-24(21)25/h2-8,10-18H,9,19H2,1H3,(H,27,28). The first-order valence-corrected chi connectivity index (χ1v) is 11.4. The highest BCUT2D eigenvalue weighted by atomic mass is 31.2. The van der Waals surface area contributed by atoms with Crippen LogP contribution < -0.4 is 4.52 Å². The molecule has 30 heavy (non-hydrogen) atoms. The molecule has 1 N–H and O–H groups in total. The average Bonchev–Trinajstić information content (AvgIpc) is 2.91. The van der Waals surface area contributed by atoms with E-state index in [2.05, 4.69) is 42.5 Å². The van der Waals surface area contributed by atoms with Gasteiger partial charge in [0.2, 0.25) is 0 Å². The molecule has 0 radical (unpaired) electrons. The zero-order valence-corrected chi connectivity index (χ0v) is 17.7. The van der Waals surface area contributed by atoms with Crippen molar-refractivity contribution in [1.82, 2.24) is 4.67 Å². The zero-order valence-electron chi connectivity index (χ0n) is 16.8. The van der Waals surface area contributed by atoms with Crippen molar-refractivity contribution in [3.05, 3.63) is 107 Å². The minimum absolute atomic E-state index is 0.381. The maximum atomic E-state index is 12.6. The van der Waals surface area contributed by atoms with Crippen molar-refractivity contribution < 1.29 is 14.0 Å². The molecule has 1 atom stereocenters. The van der Waals surface area contributed by atoms with Crippen molar-refractivity contribution in [2.45, 2.75) is 6.42 Å². The number of hydrogen-bond acceptors (Lipinski definition) is 2. The Morgan fingerprint density at radius 2 is 1.40 bits per heavy atom. The van der Waals surface area contributed by atoms with E-state index in [0.29, 0.717) is 18.7 Å². The van der Waals surface area contributed by atoms with E-state index in [4.69, 9.17) is 4.52 Å². The van der Waals surface area contributed by atoms with E-state index < -0.39 is 7.75 Å². The molecule has 0 heterocycles. The van der Waals surface area contributed by atoms with E-state index in [1.54, 1.807) is 31.3 Å². The molecule has 0 amide bonds. The fourth-order valence-corrected chi connectivity index (χ4v) is 4.43. The van der Waals surface area contributed by atoms with Gasteiger partial charge in [0, 0.05) is 6.54 Å². The summed E-state index contributed by atoms with van der Waals surface area (Å²) in [6.45, 7) is 0.391. The van der Waals surface area contributed by atoms with Crippen molar-refractivity contribution in [2.24, 2.45) is 0 Å². The molecular formula is C25H24NO3P. The smallest absolute Gasteiger partial charge is 0.413 e. The molecule has 4 rings (SSSR count). The fraction of sp³-hybridized carbons (Fsp3) is 0.120. The maximum Gasteiger partial charge on any atom is 0.458 e. The first-order valence-electron chi connectivity index (χ1n) is 9.91. The average molecular weight is 417 g/mol. The molecule has 3 aromatic rings. The van der Waals surface area contributed by atoms with E-state index in [1.807, 2.05) is 30.3 Å². The van der Waals surface area contributed by atoms with Gasteiger partial charge in [0.15, 0.2) is 0 Å². The molecule has 0 aliphatic heterocycles. The van der Waals surface area contributed by atoms with Crippen LogP contribution in [-0.2, 0) is 4.57 Å². The van der Waals surface area contributed by atoms with Crippen LogP contribution >= 0.6 is 7.75 Å². The summed E-state index contributed by atoms with van der Waals surface area (Å²) in [5.74, 6) is 0.381. The molecule has 0 fully saturated rings. The lowest BCUT2D eigenvalue weighted by Crippen LogP contribution is -2.19. The third-order valence-corrected chi connectivity index (χ3v) is 6.66. The third kappa shape index (κ3) is 4.47. The largest absolute Gasteiger partial charge is 0.458 e. The van der Waals surface area contributed by atoms with E-state index in [1.165, 1.54) is 4.67 Å². The lowest BCUT2D eigenvalue weighted by Gasteiger charge is -2.22. The van der Waals surface area contributed by atoms with Crippen LogP contribution in [-0.4, -0.2) is 23.2 Å². The van der Waals surface area contributed by atoms with E-state index in [9.17, 15) is 9.46 Å². The number of nitrogens with zero attached hydrogens (tertiary/aromatic N) is 1. The summed E-state index contributed by atoms with van der Waals surface area (Å²) in [4.78, 5) is 10.4. The summed E-state index contributed by atoms with van der Waals surface area (Å²) >= 11 is 0. The summed E-state index contributed by atoms with van der Waals surface area (Å²) in [6.07, 6.45) is 7.02. The molecular weight excluding hydrogens is 393 g/mol. The van der Waals surface area contributed by atoms with Gasteiger partial charge in [-0.3, -0.25) is 0 Å². The molecule has 0 saturated carbocycles. The fourth-order valence-electron chi connectivity index (χ4n) is 3.53. The maximum absolute atomic E-state index is 12.6. The Balaban J connectivity index is 1.55. The normalized spacial score (nSPS) is 14.4. The van der Waals surface area contributed by atoms with Crippen molar-refractivity contribution in [1.29, 1.82) is 0 Å². The quantitative estimate of drug-likeness (QED) is 0.385. The summed E-state index contributed by atoms with van der Waals surface area (Å²) in [6, 6.07) is 25.3. The second kappa shape index (κ2) is 8.85. The third-order valence-electron chi connectivity index (χ3n) is 5.14.